The van der Waals surface area contributed by atoms with E-state index in [0.717, 1.165) is 0 Å². The number of aromatic hydroxyl groups is 1. The summed E-state index contributed by atoms with van der Waals surface area (Å²) in [6.45, 7) is 1.12. The van der Waals surface area contributed by atoms with Gasteiger partial charge in [0.1, 0.15) is 5.75 Å². The highest BCUT2D eigenvalue weighted by atomic mass is 79.9. The molecular weight excluding hydrogens is 302 g/mol. The Morgan fingerprint density at radius 3 is 3.00 bits per heavy atom. The van der Waals surface area contributed by atoms with E-state index < -0.39 is 0 Å². The van der Waals surface area contributed by atoms with Crippen LogP contribution in [0.5, 0.6) is 5.75 Å². The molecule has 1 amide bonds. The zero-order valence-electron chi connectivity index (χ0n) is 9.67. The summed E-state index contributed by atoms with van der Waals surface area (Å²) in [6.07, 6.45) is 0. The molecule has 18 heavy (non-hydrogen) atoms. The summed E-state index contributed by atoms with van der Waals surface area (Å²) in [5.41, 5.74) is 0.399. The molecule has 1 saturated heterocycles. The fourth-order valence-electron chi connectivity index (χ4n) is 1.88. The molecule has 1 aromatic carbocycles. The van der Waals surface area contributed by atoms with Gasteiger partial charge in [0.25, 0.3) is 5.91 Å². The number of ether oxygens (including phenoxy) is 1. The molecule has 0 spiro atoms. The molecule has 1 atom stereocenters. The highest BCUT2D eigenvalue weighted by molar-refractivity contribution is 9.10. The molecule has 1 aliphatic heterocycles. The number of phenolic OH excluding ortho intramolecular Hbond substituents is 1. The van der Waals surface area contributed by atoms with Crippen molar-refractivity contribution in [3.8, 4) is 5.75 Å². The first-order chi connectivity index (χ1) is 8.63. The van der Waals surface area contributed by atoms with E-state index in [2.05, 4.69) is 15.9 Å². The van der Waals surface area contributed by atoms with Crippen LogP contribution in [0, 0.1) is 0 Å². The third kappa shape index (κ3) is 2.66. The van der Waals surface area contributed by atoms with Gasteiger partial charge in [-0.2, -0.15) is 0 Å². The second-order valence-electron chi connectivity index (χ2n) is 4.08. The van der Waals surface area contributed by atoms with Crippen LogP contribution in [-0.2, 0) is 4.74 Å². The Morgan fingerprint density at radius 2 is 2.33 bits per heavy atom. The number of halogens is 1. The van der Waals surface area contributed by atoms with Crippen molar-refractivity contribution < 1.29 is 19.7 Å². The van der Waals surface area contributed by atoms with Crippen molar-refractivity contribution in [3.63, 3.8) is 0 Å². The Morgan fingerprint density at radius 1 is 1.56 bits per heavy atom. The molecule has 0 radical (unpaired) electrons. The van der Waals surface area contributed by atoms with Gasteiger partial charge in [0.15, 0.2) is 0 Å². The molecule has 1 aliphatic rings. The Labute approximate surface area is 113 Å². The Bertz CT molecular complexity index is 452. The molecular formula is C12H14BrNO4. The van der Waals surface area contributed by atoms with E-state index in [0.29, 0.717) is 29.8 Å². The van der Waals surface area contributed by atoms with E-state index in [1.54, 1.807) is 17.0 Å². The molecule has 6 heteroatoms. The number of aliphatic hydroxyl groups is 1. The van der Waals surface area contributed by atoms with Crippen LogP contribution in [-0.4, -0.2) is 53.4 Å². The van der Waals surface area contributed by atoms with Crippen LogP contribution in [0.4, 0.5) is 0 Å². The van der Waals surface area contributed by atoms with Crippen LogP contribution in [0.1, 0.15) is 10.4 Å². The molecule has 0 aliphatic carbocycles. The highest BCUT2D eigenvalue weighted by Gasteiger charge is 2.27. The van der Waals surface area contributed by atoms with E-state index in [1.807, 2.05) is 0 Å². The van der Waals surface area contributed by atoms with E-state index in [-0.39, 0.29) is 24.3 Å². The zero-order valence-corrected chi connectivity index (χ0v) is 11.3. The van der Waals surface area contributed by atoms with Gasteiger partial charge in [0, 0.05) is 12.1 Å². The quantitative estimate of drug-likeness (QED) is 0.854. The lowest BCUT2D eigenvalue weighted by atomic mass is 10.1. The summed E-state index contributed by atoms with van der Waals surface area (Å²) in [5.74, 6) is -0.185. The highest BCUT2D eigenvalue weighted by Crippen LogP contribution is 2.25. The van der Waals surface area contributed by atoms with Gasteiger partial charge in [0.05, 0.1) is 30.3 Å². The average molecular weight is 316 g/mol. The third-order valence-electron chi connectivity index (χ3n) is 2.89. The number of aliphatic hydroxyl groups excluding tert-OH is 1. The SMILES string of the molecule is O=C(c1ccc(Br)c(O)c1)N1CCOCC1CO. The number of benzene rings is 1. The zero-order chi connectivity index (χ0) is 13.1. The van der Waals surface area contributed by atoms with Crippen molar-refractivity contribution in [1.29, 1.82) is 0 Å². The van der Waals surface area contributed by atoms with Gasteiger partial charge in [-0.1, -0.05) is 0 Å². The normalized spacial score (nSPS) is 19.9. The van der Waals surface area contributed by atoms with E-state index in [4.69, 9.17) is 4.74 Å². The maximum Gasteiger partial charge on any atom is 0.254 e. The molecule has 1 heterocycles. The number of amides is 1. The number of phenols is 1. The maximum absolute atomic E-state index is 12.3. The summed E-state index contributed by atoms with van der Waals surface area (Å²) >= 11 is 3.17. The minimum absolute atomic E-state index is 0.0228. The molecule has 98 valence electrons. The van der Waals surface area contributed by atoms with Crippen molar-refractivity contribution >= 4 is 21.8 Å². The summed E-state index contributed by atoms with van der Waals surface area (Å²) in [5, 5.41) is 18.8. The topological polar surface area (TPSA) is 70.0 Å². The number of carbonyl (C=O) groups excluding carboxylic acids is 1. The lowest BCUT2D eigenvalue weighted by Crippen LogP contribution is -2.50. The Hall–Kier alpha value is -1.11. The largest absolute Gasteiger partial charge is 0.507 e. The number of nitrogens with zero attached hydrogens (tertiary/aromatic N) is 1. The molecule has 2 rings (SSSR count). The number of rotatable bonds is 2. The summed E-state index contributed by atoms with van der Waals surface area (Å²) < 4.78 is 5.76. The number of morpholine rings is 1. The standard InChI is InChI=1S/C12H14BrNO4/c13-10-2-1-8(5-11(10)16)12(17)14-3-4-18-7-9(14)6-15/h1-2,5,9,15-16H,3-4,6-7H2. The summed E-state index contributed by atoms with van der Waals surface area (Å²) in [7, 11) is 0. The van der Waals surface area contributed by atoms with Gasteiger partial charge in [-0.25, -0.2) is 0 Å². The maximum atomic E-state index is 12.3. The van der Waals surface area contributed by atoms with Gasteiger partial charge in [-0.05, 0) is 34.1 Å². The van der Waals surface area contributed by atoms with Gasteiger partial charge < -0.3 is 19.8 Å². The predicted octanol–water partition coefficient (Wildman–Crippen LogP) is 0.988. The second kappa shape index (κ2) is 5.69. The van der Waals surface area contributed by atoms with Crippen LogP contribution in [0.3, 0.4) is 0 Å². The first kappa shape index (κ1) is 13.3. The number of carbonyl (C=O) groups is 1. The number of hydrogen-bond acceptors (Lipinski definition) is 4. The summed E-state index contributed by atoms with van der Waals surface area (Å²) in [6, 6.07) is 4.35. The van der Waals surface area contributed by atoms with Crippen LogP contribution in [0.25, 0.3) is 0 Å². The monoisotopic (exact) mass is 315 g/mol. The lowest BCUT2D eigenvalue weighted by molar-refractivity contribution is -0.0184. The molecule has 1 aromatic rings. The van der Waals surface area contributed by atoms with Crippen LogP contribution >= 0.6 is 15.9 Å². The van der Waals surface area contributed by atoms with Crippen LogP contribution in [0.2, 0.25) is 0 Å². The molecule has 2 N–H and O–H groups in total. The van der Waals surface area contributed by atoms with Crippen molar-refractivity contribution in [2.45, 2.75) is 6.04 Å². The van der Waals surface area contributed by atoms with Crippen molar-refractivity contribution in [3.05, 3.63) is 28.2 Å². The second-order valence-corrected chi connectivity index (χ2v) is 4.93. The van der Waals surface area contributed by atoms with Crippen molar-refractivity contribution in [2.24, 2.45) is 0 Å². The van der Waals surface area contributed by atoms with Crippen LogP contribution < -0.4 is 0 Å². The first-order valence-corrected chi connectivity index (χ1v) is 6.41. The van der Waals surface area contributed by atoms with Gasteiger partial charge in [0.2, 0.25) is 0 Å². The molecule has 5 nitrogen and oxygen atoms in total. The predicted molar refractivity (Wildman–Crippen MR) is 68.5 cm³/mol. The molecule has 1 fully saturated rings. The lowest BCUT2D eigenvalue weighted by Gasteiger charge is -2.34. The van der Waals surface area contributed by atoms with Crippen LogP contribution in [0.15, 0.2) is 22.7 Å². The summed E-state index contributed by atoms with van der Waals surface area (Å²) in [4.78, 5) is 13.8. The molecule has 0 bridgehead atoms. The fourth-order valence-corrected chi connectivity index (χ4v) is 2.13. The third-order valence-corrected chi connectivity index (χ3v) is 3.56. The van der Waals surface area contributed by atoms with E-state index >= 15 is 0 Å². The van der Waals surface area contributed by atoms with Crippen molar-refractivity contribution in [1.82, 2.24) is 4.90 Å². The van der Waals surface area contributed by atoms with Gasteiger partial charge in [-0.3, -0.25) is 4.79 Å². The van der Waals surface area contributed by atoms with E-state index in [9.17, 15) is 15.0 Å². The average Bonchev–Trinajstić information content (AvgIpc) is 2.41. The Balaban J connectivity index is 2.21. The van der Waals surface area contributed by atoms with Gasteiger partial charge in [-0.15, -0.1) is 0 Å². The molecule has 0 aromatic heterocycles. The molecule has 1 unspecified atom stereocenters. The fraction of sp³-hybridized carbons (Fsp3) is 0.417. The minimum atomic E-state index is -0.322. The van der Waals surface area contributed by atoms with Crippen molar-refractivity contribution in [2.75, 3.05) is 26.4 Å². The minimum Gasteiger partial charge on any atom is -0.507 e. The number of hydrogen-bond donors (Lipinski definition) is 2. The van der Waals surface area contributed by atoms with E-state index in [1.165, 1.54) is 6.07 Å². The Kier molecular flexibility index (Phi) is 4.21. The first-order valence-electron chi connectivity index (χ1n) is 5.61. The molecule has 0 saturated carbocycles. The van der Waals surface area contributed by atoms with Gasteiger partial charge >= 0.3 is 0 Å². The smallest absolute Gasteiger partial charge is 0.254 e.